The van der Waals surface area contributed by atoms with Crippen molar-refractivity contribution in [3.05, 3.63) is 58.9 Å². The van der Waals surface area contributed by atoms with Gasteiger partial charge in [-0.2, -0.15) is 13.2 Å². The van der Waals surface area contributed by atoms with Crippen molar-refractivity contribution in [3.8, 4) is 0 Å². The van der Waals surface area contributed by atoms with Gasteiger partial charge in [-0.25, -0.2) is 4.39 Å². The van der Waals surface area contributed by atoms with Crippen molar-refractivity contribution >= 4 is 29.1 Å². The average molecular weight is 336 g/mol. The Kier molecular flexibility index (Phi) is 5.00. The molecule has 0 saturated heterocycles. The molecule has 7 heteroatoms. The molecule has 0 fully saturated rings. The molecule has 0 aliphatic heterocycles. The summed E-state index contributed by atoms with van der Waals surface area (Å²) in [7, 11) is 0. The molecule has 2 aromatic rings. The lowest BCUT2D eigenvalue weighted by Gasteiger charge is -2.09. The highest BCUT2D eigenvalue weighted by atomic mass is 35.5. The molecule has 1 nitrogen and oxygen atoms in total. The zero-order valence-electron chi connectivity index (χ0n) is 10.5. The highest BCUT2D eigenvalue weighted by Gasteiger charge is 2.28. The molecule has 2 aromatic carbocycles. The largest absolute Gasteiger partial charge is 0.446 e. The highest BCUT2D eigenvalue weighted by Crippen LogP contribution is 2.36. The Hall–Kier alpha value is -1.40. The first kappa shape index (κ1) is 16.0. The van der Waals surface area contributed by atoms with Crippen molar-refractivity contribution in [2.75, 3.05) is 5.32 Å². The minimum Gasteiger partial charge on any atom is -0.379 e. The summed E-state index contributed by atoms with van der Waals surface area (Å²) in [5.74, 6) is -0.552. The van der Waals surface area contributed by atoms with Crippen LogP contribution in [0, 0.1) is 5.82 Å². The molecule has 0 amide bonds. The normalized spacial score (nSPS) is 11.5. The lowest BCUT2D eigenvalue weighted by molar-refractivity contribution is -0.0328. The number of thioether (sulfide) groups is 1. The van der Waals surface area contributed by atoms with Crippen LogP contribution in [0.3, 0.4) is 0 Å². The fourth-order valence-electron chi connectivity index (χ4n) is 1.65. The van der Waals surface area contributed by atoms with Crippen LogP contribution in [-0.2, 0) is 6.54 Å². The molecular weight excluding hydrogens is 326 g/mol. The number of hydrogen-bond acceptors (Lipinski definition) is 2. The molecule has 2 rings (SSSR count). The summed E-state index contributed by atoms with van der Waals surface area (Å²) in [6.45, 7) is 0.286. The Balaban J connectivity index is 1.99. The van der Waals surface area contributed by atoms with Gasteiger partial charge in [0.25, 0.3) is 0 Å². The third-order valence-corrected chi connectivity index (χ3v) is 3.62. The van der Waals surface area contributed by atoms with E-state index in [1.807, 2.05) is 0 Å². The van der Waals surface area contributed by atoms with Gasteiger partial charge in [0.05, 0.1) is 10.7 Å². The van der Waals surface area contributed by atoms with E-state index in [2.05, 4.69) is 5.32 Å². The monoisotopic (exact) mass is 335 g/mol. The van der Waals surface area contributed by atoms with E-state index in [9.17, 15) is 17.6 Å². The number of rotatable bonds is 4. The fourth-order valence-corrected chi connectivity index (χ4v) is 2.36. The van der Waals surface area contributed by atoms with Crippen molar-refractivity contribution in [3.63, 3.8) is 0 Å². The van der Waals surface area contributed by atoms with Gasteiger partial charge in [0.1, 0.15) is 0 Å². The third kappa shape index (κ3) is 4.82. The van der Waals surface area contributed by atoms with E-state index in [0.717, 1.165) is 5.56 Å². The van der Waals surface area contributed by atoms with Crippen LogP contribution in [0.2, 0.25) is 5.02 Å². The van der Waals surface area contributed by atoms with Crippen LogP contribution in [0.4, 0.5) is 23.2 Å². The molecule has 0 aliphatic carbocycles. The number of alkyl halides is 3. The molecule has 0 atom stereocenters. The summed E-state index contributed by atoms with van der Waals surface area (Å²) in [6, 6.07) is 10.5. The number of hydrogen-bond donors (Lipinski definition) is 1. The molecule has 0 spiro atoms. The second-order valence-electron chi connectivity index (χ2n) is 4.15. The molecule has 112 valence electrons. The summed E-state index contributed by atoms with van der Waals surface area (Å²) in [5.41, 5.74) is -3.32. The fraction of sp³-hybridized carbons (Fsp3) is 0.143. The van der Waals surface area contributed by atoms with Crippen molar-refractivity contribution in [2.45, 2.75) is 16.9 Å². The van der Waals surface area contributed by atoms with Crippen molar-refractivity contribution in [2.24, 2.45) is 0 Å². The number of nitrogens with one attached hydrogen (secondary N) is 1. The van der Waals surface area contributed by atoms with Gasteiger partial charge in [-0.3, -0.25) is 0 Å². The zero-order chi connectivity index (χ0) is 15.5. The minimum atomic E-state index is -4.30. The molecule has 21 heavy (non-hydrogen) atoms. The second-order valence-corrected chi connectivity index (χ2v) is 5.69. The van der Waals surface area contributed by atoms with E-state index in [-0.39, 0.29) is 33.9 Å². The first-order valence-electron chi connectivity index (χ1n) is 5.88. The van der Waals surface area contributed by atoms with Gasteiger partial charge in [0.15, 0.2) is 5.82 Å². The second kappa shape index (κ2) is 6.58. The minimum absolute atomic E-state index is 0.0110. The molecule has 0 unspecified atom stereocenters. The van der Waals surface area contributed by atoms with Gasteiger partial charge >= 0.3 is 5.51 Å². The van der Waals surface area contributed by atoms with Crippen LogP contribution in [0.5, 0.6) is 0 Å². The quantitative estimate of drug-likeness (QED) is 0.568. The van der Waals surface area contributed by atoms with Gasteiger partial charge in [-0.15, -0.1) is 0 Å². The maximum atomic E-state index is 13.6. The number of anilines is 1. The molecule has 0 heterocycles. The molecule has 0 radical (unpaired) electrons. The SMILES string of the molecule is Fc1c(Cl)cccc1NCc1ccc(SC(F)(F)F)cc1. The first-order valence-corrected chi connectivity index (χ1v) is 7.07. The van der Waals surface area contributed by atoms with Crippen LogP contribution < -0.4 is 5.32 Å². The summed E-state index contributed by atoms with van der Waals surface area (Å²) in [4.78, 5) is 0.111. The first-order chi connectivity index (χ1) is 9.85. The topological polar surface area (TPSA) is 12.0 Å². The van der Waals surface area contributed by atoms with E-state index in [1.165, 1.54) is 24.3 Å². The summed E-state index contributed by atoms with van der Waals surface area (Å²) in [5, 5.41) is 2.86. The molecule has 1 N–H and O–H groups in total. The maximum Gasteiger partial charge on any atom is 0.446 e. The van der Waals surface area contributed by atoms with Crippen molar-refractivity contribution < 1.29 is 17.6 Å². The van der Waals surface area contributed by atoms with E-state index in [0.29, 0.717) is 0 Å². The maximum absolute atomic E-state index is 13.6. The van der Waals surface area contributed by atoms with Gasteiger partial charge in [0.2, 0.25) is 0 Å². The molecule has 0 aromatic heterocycles. The van der Waals surface area contributed by atoms with E-state index in [4.69, 9.17) is 11.6 Å². The number of benzene rings is 2. The summed E-state index contributed by atoms with van der Waals surface area (Å²) >= 11 is 5.48. The molecule has 0 saturated carbocycles. The van der Waals surface area contributed by atoms with Gasteiger partial charge in [0, 0.05) is 11.4 Å². The molecule has 0 aliphatic rings. The van der Waals surface area contributed by atoms with Crippen molar-refractivity contribution in [1.82, 2.24) is 0 Å². The standard InChI is InChI=1S/C14H10ClF4NS/c15-11-2-1-3-12(13(11)16)20-8-9-4-6-10(7-5-9)21-14(17,18)19/h1-7,20H,8H2. The van der Waals surface area contributed by atoms with Gasteiger partial charge < -0.3 is 5.32 Å². The van der Waals surface area contributed by atoms with E-state index < -0.39 is 11.3 Å². The van der Waals surface area contributed by atoms with Crippen LogP contribution >= 0.6 is 23.4 Å². The molecule has 0 bridgehead atoms. The summed E-state index contributed by atoms with van der Waals surface area (Å²) in [6.07, 6.45) is 0. The Morgan fingerprint density at radius 3 is 2.33 bits per heavy atom. The number of halogens is 5. The van der Waals surface area contributed by atoms with Crippen LogP contribution in [0.25, 0.3) is 0 Å². The molecular formula is C14H10ClF4NS. The van der Waals surface area contributed by atoms with Crippen LogP contribution in [-0.4, -0.2) is 5.51 Å². The lowest BCUT2D eigenvalue weighted by atomic mass is 10.2. The zero-order valence-corrected chi connectivity index (χ0v) is 12.1. The third-order valence-electron chi connectivity index (χ3n) is 2.59. The smallest absolute Gasteiger partial charge is 0.379 e. The van der Waals surface area contributed by atoms with Gasteiger partial charge in [-0.1, -0.05) is 29.8 Å². The van der Waals surface area contributed by atoms with Gasteiger partial charge in [-0.05, 0) is 41.6 Å². The van der Waals surface area contributed by atoms with Crippen molar-refractivity contribution in [1.29, 1.82) is 0 Å². The van der Waals surface area contributed by atoms with E-state index in [1.54, 1.807) is 18.2 Å². The Morgan fingerprint density at radius 2 is 1.71 bits per heavy atom. The Morgan fingerprint density at radius 1 is 1.05 bits per heavy atom. The predicted octanol–water partition coefficient (Wildman–Crippen LogP) is 5.70. The van der Waals surface area contributed by atoms with Crippen LogP contribution in [0.15, 0.2) is 47.4 Å². The Labute approximate surface area is 128 Å². The average Bonchev–Trinajstić information content (AvgIpc) is 2.40. The highest BCUT2D eigenvalue weighted by molar-refractivity contribution is 8.00. The lowest BCUT2D eigenvalue weighted by Crippen LogP contribution is -2.02. The summed E-state index contributed by atoms with van der Waals surface area (Å²) < 4.78 is 50.2. The van der Waals surface area contributed by atoms with Crippen LogP contribution in [0.1, 0.15) is 5.56 Å². The Bertz CT molecular complexity index is 613. The van der Waals surface area contributed by atoms with E-state index >= 15 is 0 Å². The predicted molar refractivity (Wildman–Crippen MR) is 77.1 cm³/mol.